The molecule has 0 spiro atoms. The number of aliphatic hydroxyl groups excluding tert-OH is 9. The van der Waals surface area contributed by atoms with Gasteiger partial charge in [-0.15, -0.1) is 0 Å². The lowest BCUT2D eigenvalue weighted by Gasteiger charge is -2.40. The first-order chi connectivity index (χ1) is 29.4. The second-order valence-electron chi connectivity index (χ2n) is 16.2. The summed E-state index contributed by atoms with van der Waals surface area (Å²) in [6, 6.07) is -0.239. The first-order valence-electron chi connectivity index (χ1n) is 20.7. The van der Waals surface area contributed by atoms with Gasteiger partial charge in [-0.25, -0.2) is 0 Å². The quantitative estimate of drug-likeness (QED) is 0.0343. The van der Waals surface area contributed by atoms with Crippen molar-refractivity contribution in [2.45, 2.75) is 134 Å². The maximum absolute atomic E-state index is 12.8. The van der Waals surface area contributed by atoms with Crippen LogP contribution in [0, 0.1) is 17.8 Å². The molecule has 0 aliphatic carbocycles. The van der Waals surface area contributed by atoms with Crippen molar-refractivity contribution in [2.75, 3.05) is 79.5 Å². The van der Waals surface area contributed by atoms with Gasteiger partial charge in [-0.3, -0.25) is 14.4 Å². The molecule has 3 saturated heterocycles. The van der Waals surface area contributed by atoms with Crippen LogP contribution in [0.5, 0.6) is 0 Å². The van der Waals surface area contributed by atoms with Gasteiger partial charge in [-0.2, -0.15) is 0 Å². The standard InChI is InChI=1S/C38H69N3O21.CH4/c1-19(2)41-38(14-54-11-23(45)6-7-57-35-20(3)29(48)32(51)24(8-42)60-35,15-55-12-27(46)39-17-58-36-21(4)30(49)33(52)25(9-43)61-36)16-56-13-28(47)40-18-59-37-22(5)31(50)34(53)26(10-44)62-37;/h19-22,24-26,29-37,41-44,48-53H,6-18H2,1-5H3,(H,39,46)(H,40,47);1H4/t20?,21?,22?,24?,25?,26?,29-,30-,31-,32+,33+,34+,35-,36-,37-,38?;/m1./s1. The molecule has 0 radical (unpaired) electrons. The number of hydrogen-bond donors (Lipinski definition) is 12. The topological polar surface area (TPSA) is 352 Å². The molecule has 3 heterocycles. The SMILES string of the molecule is C.CC(C)NC(COCC(=O)CCO[C@@H]1OC(CO)[C@H](O)[C@H](O)C1C)(COCC(=O)NCO[C@@H]1OC(CO)[C@H](O)[C@H](O)C1C)COCC(=O)NCO[C@@H]1OC(CO)[C@H](O)[C@H](O)C1C. The van der Waals surface area contributed by atoms with E-state index in [-0.39, 0.29) is 65.6 Å². The van der Waals surface area contributed by atoms with Gasteiger partial charge >= 0.3 is 0 Å². The van der Waals surface area contributed by atoms with Gasteiger partial charge in [0.15, 0.2) is 24.7 Å². The third-order valence-corrected chi connectivity index (χ3v) is 10.7. The molecule has 15 atom stereocenters. The summed E-state index contributed by atoms with van der Waals surface area (Å²) in [7, 11) is 0. The van der Waals surface area contributed by atoms with Crippen molar-refractivity contribution in [3.8, 4) is 0 Å². The summed E-state index contributed by atoms with van der Waals surface area (Å²) in [4.78, 5) is 38.3. The highest BCUT2D eigenvalue weighted by molar-refractivity contribution is 5.79. The van der Waals surface area contributed by atoms with Gasteiger partial charge in [0.2, 0.25) is 11.8 Å². The van der Waals surface area contributed by atoms with Crippen LogP contribution in [0.4, 0.5) is 0 Å². The highest BCUT2D eigenvalue weighted by Crippen LogP contribution is 2.29. The highest BCUT2D eigenvalue weighted by atomic mass is 16.7. The van der Waals surface area contributed by atoms with E-state index in [9.17, 15) is 60.3 Å². The molecule has 3 rings (SSSR count). The monoisotopic (exact) mass is 919 g/mol. The van der Waals surface area contributed by atoms with Crippen LogP contribution in [0.25, 0.3) is 0 Å². The molecular weight excluding hydrogens is 846 g/mol. The average molecular weight is 920 g/mol. The minimum atomic E-state index is -1.32. The molecular formula is C39H73N3O21. The number of ketones is 1. The van der Waals surface area contributed by atoms with Crippen molar-refractivity contribution < 1.29 is 103 Å². The normalized spacial score (nSPS) is 34.5. The van der Waals surface area contributed by atoms with Crippen LogP contribution in [0.15, 0.2) is 0 Å². The third kappa shape index (κ3) is 17.2. The van der Waals surface area contributed by atoms with Crippen LogP contribution in [0.3, 0.4) is 0 Å². The van der Waals surface area contributed by atoms with Gasteiger partial charge in [0.25, 0.3) is 0 Å². The Kier molecular flexibility index (Phi) is 25.4. The first kappa shape index (κ1) is 57.0. The minimum absolute atomic E-state index is 0. The molecule has 0 aromatic heterocycles. The Hall–Kier alpha value is -2.15. The Morgan fingerprint density at radius 2 is 0.921 bits per heavy atom. The lowest BCUT2D eigenvalue weighted by Crippen LogP contribution is -2.59. The number of hydrogen-bond acceptors (Lipinski definition) is 22. The molecule has 24 heteroatoms. The van der Waals surface area contributed by atoms with Crippen LogP contribution in [-0.2, 0) is 57.0 Å². The van der Waals surface area contributed by atoms with Gasteiger partial charge in [0, 0.05) is 30.2 Å². The molecule has 3 fully saturated rings. The van der Waals surface area contributed by atoms with Gasteiger partial charge in [0.05, 0.1) is 70.1 Å². The molecule has 63 heavy (non-hydrogen) atoms. The average Bonchev–Trinajstić information content (AvgIpc) is 3.23. The van der Waals surface area contributed by atoms with Crippen LogP contribution in [-0.4, -0.2) is 228 Å². The predicted molar refractivity (Wildman–Crippen MR) is 215 cm³/mol. The van der Waals surface area contributed by atoms with Crippen molar-refractivity contribution in [3.05, 3.63) is 0 Å². The minimum Gasteiger partial charge on any atom is -0.394 e. The molecule has 0 aromatic carbocycles. The summed E-state index contributed by atoms with van der Waals surface area (Å²) in [5.74, 6) is -3.63. The largest absolute Gasteiger partial charge is 0.394 e. The Balaban J connectivity index is 0.0000137. The molecule has 2 amide bonds. The lowest BCUT2D eigenvalue weighted by molar-refractivity contribution is -0.283. The number of Topliss-reactive ketones (excluding diaryl/α,β-unsaturated/α-hetero) is 1. The van der Waals surface area contributed by atoms with Gasteiger partial charge < -0.3 is 105 Å². The van der Waals surface area contributed by atoms with E-state index in [1.807, 2.05) is 13.8 Å². The van der Waals surface area contributed by atoms with E-state index in [4.69, 9.17) is 42.6 Å². The predicted octanol–water partition coefficient (Wildman–Crippen LogP) is -5.21. The van der Waals surface area contributed by atoms with Crippen molar-refractivity contribution in [1.82, 2.24) is 16.0 Å². The second-order valence-corrected chi connectivity index (χ2v) is 16.2. The number of ether oxygens (including phenoxy) is 9. The van der Waals surface area contributed by atoms with E-state index in [2.05, 4.69) is 16.0 Å². The fraction of sp³-hybridized carbons (Fsp3) is 0.923. The molecule has 3 aliphatic heterocycles. The zero-order valence-corrected chi connectivity index (χ0v) is 35.9. The maximum Gasteiger partial charge on any atom is 0.247 e. The molecule has 12 N–H and O–H groups in total. The Bertz CT molecular complexity index is 1190. The number of carbonyl (C=O) groups is 3. The van der Waals surface area contributed by atoms with E-state index in [0.29, 0.717) is 0 Å². The zero-order chi connectivity index (χ0) is 46.1. The molecule has 24 nitrogen and oxygen atoms in total. The zero-order valence-electron chi connectivity index (χ0n) is 35.9. The summed E-state index contributed by atoms with van der Waals surface area (Å²) in [6.45, 7) is 3.78. The van der Waals surface area contributed by atoms with E-state index in [1.54, 1.807) is 20.8 Å². The molecule has 0 bridgehead atoms. The summed E-state index contributed by atoms with van der Waals surface area (Å²) in [5.41, 5.74) is -1.25. The van der Waals surface area contributed by atoms with Crippen molar-refractivity contribution in [3.63, 3.8) is 0 Å². The molecule has 6 unspecified atom stereocenters. The Morgan fingerprint density at radius 3 is 1.27 bits per heavy atom. The first-order valence-corrected chi connectivity index (χ1v) is 20.7. The fourth-order valence-corrected chi connectivity index (χ4v) is 7.00. The Morgan fingerprint density at radius 1 is 0.571 bits per heavy atom. The number of amides is 2. The van der Waals surface area contributed by atoms with Gasteiger partial charge in [-0.05, 0) is 0 Å². The highest BCUT2D eigenvalue weighted by Gasteiger charge is 2.45. The van der Waals surface area contributed by atoms with Crippen LogP contribution < -0.4 is 16.0 Å². The fourth-order valence-electron chi connectivity index (χ4n) is 7.00. The smallest absolute Gasteiger partial charge is 0.247 e. The Labute approximate surface area is 367 Å². The number of aliphatic hydroxyl groups is 9. The molecule has 370 valence electrons. The maximum atomic E-state index is 12.8. The number of carbonyl (C=O) groups excluding carboxylic acids is 3. The summed E-state index contributed by atoms with van der Waals surface area (Å²) >= 11 is 0. The number of rotatable bonds is 27. The second kappa shape index (κ2) is 28.1. The summed E-state index contributed by atoms with van der Waals surface area (Å²) < 4.78 is 50.6. The van der Waals surface area contributed by atoms with Crippen molar-refractivity contribution in [1.29, 1.82) is 0 Å². The van der Waals surface area contributed by atoms with Crippen molar-refractivity contribution >= 4 is 17.6 Å². The van der Waals surface area contributed by atoms with E-state index < -0.39 is 149 Å². The van der Waals surface area contributed by atoms with Crippen LogP contribution in [0.1, 0.15) is 48.5 Å². The van der Waals surface area contributed by atoms with Gasteiger partial charge in [0.1, 0.15) is 69.9 Å². The lowest BCUT2D eigenvalue weighted by atomic mass is 9.92. The van der Waals surface area contributed by atoms with Gasteiger partial charge in [-0.1, -0.05) is 42.0 Å². The molecule has 3 aliphatic rings. The number of nitrogens with one attached hydrogen (secondary N) is 3. The van der Waals surface area contributed by atoms with E-state index >= 15 is 0 Å². The van der Waals surface area contributed by atoms with E-state index in [1.165, 1.54) is 0 Å². The van der Waals surface area contributed by atoms with Crippen LogP contribution >= 0.6 is 0 Å². The summed E-state index contributed by atoms with van der Waals surface area (Å²) in [6.07, 6.45) is -14.1. The van der Waals surface area contributed by atoms with E-state index in [0.717, 1.165) is 0 Å². The summed E-state index contributed by atoms with van der Waals surface area (Å²) in [5, 5.41) is 97.6. The van der Waals surface area contributed by atoms with Crippen molar-refractivity contribution in [2.24, 2.45) is 17.8 Å². The molecule has 0 aromatic rings. The third-order valence-electron chi connectivity index (χ3n) is 10.7. The van der Waals surface area contributed by atoms with Crippen LogP contribution in [0.2, 0.25) is 0 Å². The molecule has 0 saturated carbocycles.